The number of aromatic nitrogens is 4. The van der Waals surface area contributed by atoms with Gasteiger partial charge in [0.05, 0.1) is 24.9 Å². The molecule has 3 heterocycles. The van der Waals surface area contributed by atoms with Crippen molar-refractivity contribution < 1.29 is 19.4 Å². The van der Waals surface area contributed by atoms with Gasteiger partial charge in [0.25, 0.3) is 12.4 Å². The SMILES string of the molecule is CN(C)C[C@@H]1OCCN(C(=O)c2cc(N)n[nH]2)[C@H]1c1cnn(C)c1.O=CO. The van der Waals surface area contributed by atoms with E-state index >= 15 is 0 Å². The predicted molar refractivity (Wildman–Crippen MR) is 97.0 cm³/mol. The number of carbonyl (C=O) groups excluding carboxylic acids is 1. The molecule has 1 aliphatic rings. The summed E-state index contributed by atoms with van der Waals surface area (Å²) in [4.78, 5) is 25.2. The molecule has 0 bridgehead atoms. The maximum absolute atomic E-state index is 12.9. The molecule has 1 fully saturated rings. The summed E-state index contributed by atoms with van der Waals surface area (Å²) in [5.74, 6) is 0.162. The molecule has 0 aromatic carbocycles. The number of carboxylic acid groups (broad SMARTS) is 1. The highest BCUT2D eigenvalue weighted by Gasteiger charge is 2.38. The fraction of sp³-hybridized carbons (Fsp3) is 0.500. The lowest BCUT2D eigenvalue weighted by Crippen LogP contribution is -2.51. The van der Waals surface area contributed by atoms with Crippen LogP contribution < -0.4 is 5.73 Å². The number of nitrogens with two attached hydrogens (primary N) is 1. The standard InChI is InChI=1S/C15H23N7O2.CH2O2/c1-20(2)9-12-14(10-7-17-21(3)8-10)22(4-5-24-12)15(23)11-6-13(16)19-18-11;2-1-3/h6-8,12,14H,4-5,9H2,1-3H3,(H3,16,18,19);1H,(H,2,3)/t12-,14-;/m0./s1. The number of carbonyl (C=O) groups is 2. The van der Waals surface area contributed by atoms with E-state index in [0.717, 1.165) is 5.56 Å². The second-order valence-electron chi connectivity index (χ2n) is 6.37. The minimum atomic E-state index is -0.250. The number of rotatable bonds is 4. The van der Waals surface area contributed by atoms with Gasteiger partial charge in [-0.25, -0.2) is 0 Å². The Balaban J connectivity index is 0.000000817. The summed E-state index contributed by atoms with van der Waals surface area (Å²) in [5.41, 5.74) is 6.96. The maximum Gasteiger partial charge on any atom is 0.290 e. The van der Waals surface area contributed by atoms with Crippen molar-refractivity contribution >= 4 is 18.2 Å². The molecular formula is C16H25N7O4. The quantitative estimate of drug-likeness (QED) is 0.607. The highest BCUT2D eigenvalue weighted by atomic mass is 16.5. The van der Waals surface area contributed by atoms with Gasteiger partial charge in [-0.05, 0) is 14.1 Å². The topological polar surface area (TPSA) is 143 Å². The van der Waals surface area contributed by atoms with Crippen LogP contribution in [-0.4, -0.2) is 87.2 Å². The predicted octanol–water partition coefficient (Wildman–Crippen LogP) is -0.430. The number of aryl methyl sites for hydroxylation is 1. The number of morpholine rings is 1. The van der Waals surface area contributed by atoms with Crippen molar-refractivity contribution in [3.05, 3.63) is 29.7 Å². The normalized spacial score (nSPS) is 19.5. The van der Waals surface area contributed by atoms with Gasteiger partial charge in [0, 0.05) is 38.0 Å². The number of amides is 1. The molecule has 0 radical (unpaired) electrons. The number of nitrogen functional groups attached to an aromatic ring is 1. The summed E-state index contributed by atoms with van der Waals surface area (Å²) in [6, 6.07) is 1.34. The second-order valence-corrected chi connectivity index (χ2v) is 6.37. The Hall–Kier alpha value is -2.92. The number of anilines is 1. The Morgan fingerprint density at radius 2 is 2.26 bits per heavy atom. The molecule has 148 valence electrons. The van der Waals surface area contributed by atoms with Crippen LogP contribution in [-0.2, 0) is 16.6 Å². The fourth-order valence-electron chi connectivity index (χ4n) is 3.06. The average molecular weight is 379 g/mol. The second kappa shape index (κ2) is 9.14. The summed E-state index contributed by atoms with van der Waals surface area (Å²) >= 11 is 0. The summed E-state index contributed by atoms with van der Waals surface area (Å²) in [6.45, 7) is 1.44. The van der Waals surface area contributed by atoms with Crippen LogP contribution in [0.2, 0.25) is 0 Å². The van der Waals surface area contributed by atoms with Crippen molar-refractivity contribution in [1.29, 1.82) is 0 Å². The number of hydrogen-bond donors (Lipinski definition) is 3. The lowest BCUT2D eigenvalue weighted by Gasteiger charge is -2.41. The van der Waals surface area contributed by atoms with Crippen LogP contribution in [0.15, 0.2) is 18.5 Å². The van der Waals surface area contributed by atoms with Crippen LogP contribution in [0.1, 0.15) is 22.1 Å². The molecule has 2 atom stereocenters. The van der Waals surface area contributed by atoms with Crippen molar-refractivity contribution in [1.82, 2.24) is 29.8 Å². The van der Waals surface area contributed by atoms with E-state index in [0.29, 0.717) is 31.2 Å². The third-order valence-corrected chi connectivity index (χ3v) is 4.05. The monoisotopic (exact) mass is 379 g/mol. The van der Waals surface area contributed by atoms with E-state index in [4.69, 9.17) is 20.4 Å². The van der Waals surface area contributed by atoms with E-state index in [1.165, 1.54) is 0 Å². The number of nitrogens with one attached hydrogen (secondary N) is 1. The Morgan fingerprint density at radius 3 is 2.78 bits per heavy atom. The van der Waals surface area contributed by atoms with Crippen LogP contribution >= 0.6 is 0 Å². The first-order valence-electron chi connectivity index (χ1n) is 8.32. The molecule has 3 rings (SSSR count). The lowest BCUT2D eigenvalue weighted by molar-refractivity contribution is -0.122. The smallest absolute Gasteiger partial charge is 0.290 e. The van der Waals surface area contributed by atoms with Crippen molar-refractivity contribution in [2.45, 2.75) is 12.1 Å². The zero-order chi connectivity index (χ0) is 20.0. The molecule has 1 aliphatic heterocycles. The number of aromatic amines is 1. The molecular weight excluding hydrogens is 354 g/mol. The molecule has 0 saturated carbocycles. The van der Waals surface area contributed by atoms with Crippen LogP contribution in [0.5, 0.6) is 0 Å². The summed E-state index contributed by atoms with van der Waals surface area (Å²) in [6.07, 6.45) is 3.56. The maximum atomic E-state index is 12.9. The van der Waals surface area contributed by atoms with Crippen molar-refractivity contribution in [3.8, 4) is 0 Å². The van der Waals surface area contributed by atoms with Gasteiger partial charge in [-0.15, -0.1) is 0 Å². The van der Waals surface area contributed by atoms with E-state index in [9.17, 15) is 4.79 Å². The van der Waals surface area contributed by atoms with Crippen molar-refractivity contribution in [2.75, 3.05) is 39.5 Å². The van der Waals surface area contributed by atoms with Crippen LogP contribution in [0.25, 0.3) is 0 Å². The van der Waals surface area contributed by atoms with Crippen molar-refractivity contribution in [3.63, 3.8) is 0 Å². The molecule has 27 heavy (non-hydrogen) atoms. The minimum absolute atomic E-state index is 0.137. The average Bonchev–Trinajstić information content (AvgIpc) is 3.23. The van der Waals surface area contributed by atoms with Crippen LogP contribution in [0.3, 0.4) is 0 Å². The summed E-state index contributed by atoms with van der Waals surface area (Å²) in [5, 5.41) is 17.7. The third kappa shape index (κ3) is 5.05. The molecule has 4 N–H and O–H groups in total. The number of likely N-dealkylation sites (N-methyl/N-ethyl adjacent to an activating group) is 1. The summed E-state index contributed by atoms with van der Waals surface area (Å²) in [7, 11) is 5.83. The molecule has 0 unspecified atom stereocenters. The molecule has 2 aromatic heterocycles. The van der Waals surface area contributed by atoms with E-state index in [1.807, 2.05) is 32.2 Å². The van der Waals surface area contributed by atoms with Gasteiger partial charge < -0.3 is 25.4 Å². The number of ether oxygens (including phenoxy) is 1. The van der Waals surface area contributed by atoms with Crippen molar-refractivity contribution in [2.24, 2.45) is 7.05 Å². The van der Waals surface area contributed by atoms with Crippen LogP contribution in [0, 0.1) is 0 Å². The first kappa shape index (κ1) is 20.4. The highest BCUT2D eigenvalue weighted by Crippen LogP contribution is 2.31. The number of hydrogen-bond acceptors (Lipinski definition) is 7. The van der Waals surface area contributed by atoms with Gasteiger partial charge in [0.1, 0.15) is 11.5 Å². The highest BCUT2D eigenvalue weighted by molar-refractivity contribution is 5.93. The molecule has 1 amide bonds. The Bertz CT molecular complexity index is 758. The Kier molecular flexibility index (Phi) is 6.91. The number of nitrogens with zero attached hydrogens (tertiary/aromatic N) is 5. The molecule has 0 spiro atoms. The molecule has 0 aliphatic carbocycles. The summed E-state index contributed by atoms with van der Waals surface area (Å²) < 4.78 is 7.69. The van der Waals surface area contributed by atoms with Gasteiger partial charge >= 0.3 is 0 Å². The first-order valence-corrected chi connectivity index (χ1v) is 8.32. The van der Waals surface area contributed by atoms with E-state index in [2.05, 4.69) is 20.2 Å². The molecule has 2 aromatic rings. The molecule has 1 saturated heterocycles. The van der Waals surface area contributed by atoms with Gasteiger partial charge in [0.15, 0.2) is 0 Å². The fourth-order valence-corrected chi connectivity index (χ4v) is 3.06. The molecule has 11 nitrogen and oxygen atoms in total. The zero-order valence-corrected chi connectivity index (χ0v) is 15.6. The third-order valence-electron chi connectivity index (χ3n) is 4.05. The minimum Gasteiger partial charge on any atom is -0.483 e. The largest absolute Gasteiger partial charge is 0.483 e. The van der Waals surface area contributed by atoms with E-state index in [1.54, 1.807) is 16.9 Å². The van der Waals surface area contributed by atoms with Gasteiger partial charge in [-0.3, -0.25) is 19.4 Å². The Morgan fingerprint density at radius 1 is 1.56 bits per heavy atom. The Labute approximate surface area is 156 Å². The first-order chi connectivity index (χ1) is 12.9. The lowest BCUT2D eigenvalue weighted by atomic mass is 10.00. The van der Waals surface area contributed by atoms with E-state index < -0.39 is 0 Å². The molecule has 11 heteroatoms. The number of H-pyrrole nitrogens is 1. The van der Waals surface area contributed by atoms with Gasteiger partial charge in [-0.2, -0.15) is 10.2 Å². The van der Waals surface area contributed by atoms with Gasteiger partial charge in [-0.1, -0.05) is 0 Å². The zero-order valence-electron chi connectivity index (χ0n) is 15.6. The van der Waals surface area contributed by atoms with E-state index in [-0.39, 0.29) is 24.5 Å². The van der Waals surface area contributed by atoms with Crippen LogP contribution in [0.4, 0.5) is 5.82 Å². The van der Waals surface area contributed by atoms with Gasteiger partial charge in [0.2, 0.25) is 0 Å².